The maximum Gasteiger partial charge on any atom is 0.0799 e. The predicted octanol–water partition coefficient (Wildman–Crippen LogP) is 1.13. The number of methoxy groups -OCH3 is 1. The lowest BCUT2D eigenvalue weighted by Gasteiger charge is -2.47. The number of likely N-dealkylation sites (N-methyl/N-ethyl adjacent to an activating group) is 1. The van der Waals surface area contributed by atoms with Gasteiger partial charge in [-0.3, -0.25) is 4.90 Å². The highest BCUT2D eigenvalue weighted by atomic mass is 16.5. The van der Waals surface area contributed by atoms with Gasteiger partial charge < -0.3 is 9.47 Å². The zero-order valence-electron chi connectivity index (χ0n) is 9.17. The van der Waals surface area contributed by atoms with Crippen molar-refractivity contribution in [3.63, 3.8) is 0 Å². The van der Waals surface area contributed by atoms with E-state index < -0.39 is 0 Å². The smallest absolute Gasteiger partial charge is 0.0799 e. The van der Waals surface area contributed by atoms with E-state index in [0.717, 1.165) is 26.1 Å². The van der Waals surface area contributed by atoms with Gasteiger partial charge in [0.1, 0.15) is 0 Å². The molecular weight excluding hydrogens is 166 g/mol. The summed E-state index contributed by atoms with van der Waals surface area (Å²) < 4.78 is 11.1. The molecule has 1 aliphatic heterocycles. The van der Waals surface area contributed by atoms with Gasteiger partial charge in [-0.1, -0.05) is 6.92 Å². The Kier molecular flexibility index (Phi) is 3.71. The van der Waals surface area contributed by atoms with Gasteiger partial charge in [-0.15, -0.1) is 0 Å². The van der Waals surface area contributed by atoms with Gasteiger partial charge in [0.2, 0.25) is 0 Å². The Balaban J connectivity index is 2.78. The van der Waals surface area contributed by atoms with Gasteiger partial charge in [0.25, 0.3) is 0 Å². The van der Waals surface area contributed by atoms with Gasteiger partial charge in [-0.05, 0) is 26.9 Å². The molecule has 2 atom stereocenters. The van der Waals surface area contributed by atoms with Gasteiger partial charge in [0, 0.05) is 13.7 Å². The summed E-state index contributed by atoms with van der Waals surface area (Å²) in [6.45, 7) is 3.81. The maximum atomic E-state index is 5.55. The van der Waals surface area contributed by atoms with Crippen molar-refractivity contribution in [2.24, 2.45) is 0 Å². The average molecular weight is 187 g/mol. The first-order valence-corrected chi connectivity index (χ1v) is 4.95. The largest absolute Gasteiger partial charge is 0.379 e. The molecule has 13 heavy (non-hydrogen) atoms. The lowest BCUT2D eigenvalue weighted by atomic mass is 9.85. The second-order valence-electron chi connectivity index (χ2n) is 3.92. The van der Waals surface area contributed by atoms with Gasteiger partial charge in [-0.2, -0.15) is 0 Å². The molecule has 3 nitrogen and oxygen atoms in total. The molecule has 0 aromatic heterocycles. The van der Waals surface area contributed by atoms with Crippen molar-refractivity contribution >= 4 is 0 Å². The van der Waals surface area contributed by atoms with E-state index in [1.165, 1.54) is 0 Å². The molecule has 0 radical (unpaired) electrons. The minimum absolute atomic E-state index is 0.0764. The highest BCUT2D eigenvalue weighted by molar-refractivity contribution is 4.96. The van der Waals surface area contributed by atoms with E-state index in [4.69, 9.17) is 9.47 Å². The molecule has 0 aromatic rings. The van der Waals surface area contributed by atoms with Crippen molar-refractivity contribution in [2.75, 3.05) is 34.4 Å². The van der Waals surface area contributed by atoms with Crippen LogP contribution >= 0.6 is 0 Å². The normalized spacial score (nSPS) is 35.3. The fourth-order valence-corrected chi connectivity index (χ4v) is 2.20. The van der Waals surface area contributed by atoms with Crippen LogP contribution in [0.15, 0.2) is 0 Å². The molecule has 1 heterocycles. The molecule has 0 aromatic carbocycles. The monoisotopic (exact) mass is 187 g/mol. The highest BCUT2D eigenvalue weighted by Gasteiger charge is 2.42. The first-order valence-electron chi connectivity index (χ1n) is 4.95. The third-order valence-corrected chi connectivity index (χ3v) is 3.26. The third kappa shape index (κ3) is 1.87. The summed E-state index contributed by atoms with van der Waals surface area (Å²) in [4.78, 5) is 2.24. The van der Waals surface area contributed by atoms with E-state index in [9.17, 15) is 0 Å². The van der Waals surface area contributed by atoms with Crippen LogP contribution in [0, 0.1) is 0 Å². The molecule has 0 aliphatic carbocycles. The molecule has 1 rings (SSSR count). The number of hydrogen-bond donors (Lipinski definition) is 0. The van der Waals surface area contributed by atoms with Crippen LogP contribution in [0.4, 0.5) is 0 Å². The Hall–Kier alpha value is -0.120. The standard InChI is InChI=1S/C10H21NO2/c1-5-10(11(2)3)8-13-7-6-9(10)12-4/h9H,5-8H2,1-4H3. The maximum absolute atomic E-state index is 5.55. The molecule has 1 aliphatic rings. The zero-order valence-corrected chi connectivity index (χ0v) is 9.17. The fraction of sp³-hybridized carbons (Fsp3) is 1.00. The summed E-state index contributed by atoms with van der Waals surface area (Å²) in [5.74, 6) is 0. The molecule has 78 valence electrons. The second kappa shape index (κ2) is 4.40. The molecule has 0 N–H and O–H groups in total. The van der Waals surface area contributed by atoms with Crippen LogP contribution in [0.25, 0.3) is 0 Å². The zero-order chi connectivity index (χ0) is 9.90. The van der Waals surface area contributed by atoms with Crippen LogP contribution in [0.2, 0.25) is 0 Å². The summed E-state index contributed by atoms with van der Waals surface area (Å²) in [6.07, 6.45) is 2.38. The topological polar surface area (TPSA) is 21.7 Å². The van der Waals surface area contributed by atoms with E-state index in [-0.39, 0.29) is 5.54 Å². The second-order valence-corrected chi connectivity index (χ2v) is 3.92. The van der Waals surface area contributed by atoms with Gasteiger partial charge in [-0.25, -0.2) is 0 Å². The average Bonchev–Trinajstić information content (AvgIpc) is 2.17. The van der Waals surface area contributed by atoms with E-state index in [1.54, 1.807) is 7.11 Å². The van der Waals surface area contributed by atoms with Crippen molar-refractivity contribution in [3.05, 3.63) is 0 Å². The van der Waals surface area contributed by atoms with Crippen LogP contribution in [0.3, 0.4) is 0 Å². The fourth-order valence-electron chi connectivity index (χ4n) is 2.20. The van der Waals surface area contributed by atoms with Gasteiger partial charge in [0.05, 0.1) is 18.2 Å². The van der Waals surface area contributed by atoms with Crippen molar-refractivity contribution < 1.29 is 9.47 Å². The predicted molar refractivity (Wildman–Crippen MR) is 52.9 cm³/mol. The van der Waals surface area contributed by atoms with Crippen LogP contribution in [-0.2, 0) is 9.47 Å². The van der Waals surface area contributed by atoms with Crippen LogP contribution in [0.5, 0.6) is 0 Å². The summed E-state index contributed by atoms with van der Waals surface area (Å²) in [7, 11) is 6.00. The molecule has 0 saturated carbocycles. The third-order valence-electron chi connectivity index (χ3n) is 3.26. The van der Waals surface area contributed by atoms with Crippen LogP contribution in [0.1, 0.15) is 19.8 Å². The first-order chi connectivity index (χ1) is 6.17. The molecule has 0 bridgehead atoms. The van der Waals surface area contributed by atoms with Crippen LogP contribution in [-0.4, -0.2) is 51.0 Å². The Labute approximate surface area is 81.0 Å². The molecule has 0 amide bonds. The summed E-state index contributed by atoms with van der Waals surface area (Å²) in [6, 6.07) is 0. The number of hydrogen-bond acceptors (Lipinski definition) is 3. The Bertz CT molecular complexity index is 161. The molecule has 1 fully saturated rings. The Morgan fingerprint density at radius 1 is 1.54 bits per heavy atom. The first kappa shape index (κ1) is 11.0. The van der Waals surface area contributed by atoms with Crippen molar-refractivity contribution in [3.8, 4) is 0 Å². The molecule has 1 saturated heterocycles. The van der Waals surface area contributed by atoms with E-state index in [0.29, 0.717) is 6.10 Å². The molecular formula is C10H21NO2. The number of ether oxygens (including phenoxy) is 2. The van der Waals surface area contributed by atoms with Crippen molar-refractivity contribution in [2.45, 2.75) is 31.4 Å². The molecule has 0 spiro atoms. The van der Waals surface area contributed by atoms with Gasteiger partial charge in [0.15, 0.2) is 0 Å². The van der Waals surface area contributed by atoms with Crippen molar-refractivity contribution in [1.29, 1.82) is 0 Å². The summed E-state index contributed by atoms with van der Waals surface area (Å²) in [5, 5.41) is 0. The Morgan fingerprint density at radius 3 is 2.62 bits per heavy atom. The minimum Gasteiger partial charge on any atom is -0.379 e. The van der Waals surface area contributed by atoms with Crippen LogP contribution < -0.4 is 0 Å². The summed E-state index contributed by atoms with van der Waals surface area (Å²) >= 11 is 0. The SMILES string of the molecule is CCC1(N(C)C)COCCC1OC. The van der Waals surface area contributed by atoms with Gasteiger partial charge >= 0.3 is 0 Å². The number of nitrogens with zero attached hydrogens (tertiary/aromatic N) is 1. The Morgan fingerprint density at radius 2 is 2.23 bits per heavy atom. The minimum atomic E-state index is 0.0764. The lowest BCUT2D eigenvalue weighted by molar-refractivity contribution is -0.126. The molecule has 3 heteroatoms. The van der Waals surface area contributed by atoms with E-state index in [1.807, 2.05) is 0 Å². The highest BCUT2D eigenvalue weighted by Crippen LogP contribution is 2.29. The summed E-state index contributed by atoms with van der Waals surface area (Å²) in [5.41, 5.74) is 0.0764. The molecule has 2 unspecified atom stereocenters. The quantitative estimate of drug-likeness (QED) is 0.661. The number of rotatable bonds is 3. The lowest BCUT2D eigenvalue weighted by Crippen LogP contribution is -2.59. The van der Waals surface area contributed by atoms with E-state index >= 15 is 0 Å². The van der Waals surface area contributed by atoms with Crippen molar-refractivity contribution in [1.82, 2.24) is 4.90 Å². The van der Waals surface area contributed by atoms with E-state index in [2.05, 4.69) is 25.9 Å².